The normalized spacial score (nSPS) is 22.1. The van der Waals surface area contributed by atoms with Crippen molar-refractivity contribution in [3.63, 3.8) is 0 Å². The SMILES string of the molecule is CCCC1(C(=O)NCCNC(=O)N(C)C)CCNC1. The molecule has 1 atom stereocenters. The van der Waals surface area contributed by atoms with E-state index in [1.54, 1.807) is 14.1 Å². The van der Waals surface area contributed by atoms with Gasteiger partial charge in [-0.05, 0) is 19.4 Å². The van der Waals surface area contributed by atoms with Crippen molar-refractivity contribution in [3.05, 3.63) is 0 Å². The summed E-state index contributed by atoms with van der Waals surface area (Å²) in [7, 11) is 3.38. The first-order valence-electron chi connectivity index (χ1n) is 6.96. The summed E-state index contributed by atoms with van der Waals surface area (Å²) in [6, 6.07) is -0.139. The Morgan fingerprint density at radius 3 is 2.47 bits per heavy atom. The zero-order valence-corrected chi connectivity index (χ0v) is 12.2. The first kappa shape index (κ1) is 15.8. The summed E-state index contributed by atoms with van der Waals surface area (Å²) in [4.78, 5) is 25.0. The summed E-state index contributed by atoms with van der Waals surface area (Å²) in [5.74, 6) is 0.110. The van der Waals surface area contributed by atoms with Gasteiger partial charge in [-0.1, -0.05) is 13.3 Å². The number of rotatable bonds is 6. The Morgan fingerprint density at radius 2 is 1.95 bits per heavy atom. The molecular weight excluding hydrogens is 244 g/mol. The first-order chi connectivity index (χ1) is 9.02. The molecule has 6 nitrogen and oxygen atoms in total. The lowest BCUT2D eigenvalue weighted by molar-refractivity contribution is -0.130. The zero-order chi connectivity index (χ0) is 14.3. The maximum absolute atomic E-state index is 12.3. The monoisotopic (exact) mass is 270 g/mol. The van der Waals surface area contributed by atoms with Gasteiger partial charge in [0.15, 0.2) is 0 Å². The van der Waals surface area contributed by atoms with Crippen LogP contribution in [-0.4, -0.2) is 57.1 Å². The summed E-state index contributed by atoms with van der Waals surface area (Å²) in [6.07, 6.45) is 2.82. The zero-order valence-electron chi connectivity index (χ0n) is 12.2. The molecular formula is C13H26N4O2. The topological polar surface area (TPSA) is 73.5 Å². The minimum absolute atomic E-state index is 0.110. The molecule has 1 fully saturated rings. The predicted octanol–water partition coefficient (Wildman–Crippen LogP) is 0.154. The van der Waals surface area contributed by atoms with Crippen molar-refractivity contribution in [2.75, 3.05) is 40.3 Å². The number of carbonyl (C=O) groups is 2. The summed E-state index contributed by atoms with van der Waals surface area (Å²) in [6.45, 7) is 4.70. The van der Waals surface area contributed by atoms with E-state index in [2.05, 4.69) is 22.9 Å². The second kappa shape index (κ2) is 7.33. The van der Waals surface area contributed by atoms with Gasteiger partial charge < -0.3 is 20.9 Å². The number of nitrogens with one attached hydrogen (secondary N) is 3. The molecule has 3 N–H and O–H groups in total. The van der Waals surface area contributed by atoms with Crippen molar-refractivity contribution < 1.29 is 9.59 Å². The van der Waals surface area contributed by atoms with Gasteiger partial charge in [-0.2, -0.15) is 0 Å². The largest absolute Gasteiger partial charge is 0.354 e. The van der Waals surface area contributed by atoms with E-state index in [0.29, 0.717) is 13.1 Å². The highest BCUT2D eigenvalue weighted by molar-refractivity contribution is 5.83. The van der Waals surface area contributed by atoms with E-state index in [1.165, 1.54) is 4.90 Å². The van der Waals surface area contributed by atoms with Gasteiger partial charge in [-0.15, -0.1) is 0 Å². The van der Waals surface area contributed by atoms with Crippen molar-refractivity contribution in [2.45, 2.75) is 26.2 Å². The van der Waals surface area contributed by atoms with Crippen molar-refractivity contribution in [3.8, 4) is 0 Å². The van der Waals surface area contributed by atoms with Crippen LogP contribution in [0.1, 0.15) is 26.2 Å². The van der Waals surface area contributed by atoms with Gasteiger partial charge in [0.25, 0.3) is 0 Å². The molecule has 0 aliphatic carbocycles. The van der Waals surface area contributed by atoms with Crippen molar-refractivity contribution in [1.29, 1.82) is 0 Å². The van der Waals surface area contributed by atoms with Gasteiger partial charge in [-0.3, -0.25) is 4.79 Å². The molecule has 0 aromatic heterocycles. The summed E-state index contributed by atoms with van der Waals surface area (Å²) in [5.41, 5.74) is -0.250. The number of carbonyl (C=O) groups excluding carboxylic acids is 2. The molecule has 1 unspecified atom stereocenters. The van der Waals surface area contributed by atoms with Crippen molar-refractivity contribution in [1.82, 2.24) is 20.9 Å². The Kier molecular flexibility index (Phi) is 6.08. The fourth-order valence-corrected chi connectivity index (χ4v) is 2.43. The number of urea groups is 1. The fraction of sp³-hybridized carbons (Fsp3) is 0.846. The lowest BCUT2D eigenvalue weighted by Crippen LogP contribution is -2.46. The third kappa shape index (κ3) is 4.38. The molecule has 110 valence electrons. The van der Waals surface area contributed by atoms with Gasteiger partial charge in [0.2, 0.25) is 5.91 Å². The highest BCUT2D eigenvalue weighted by Crippen LogP contribution is 2.31. The van der Waals surface area contributed by atoms with Crippen LogP contribution in [0.5, 0.6) is 0 Å². The van der Waals surface area contributed by atoms with Gasteiger partial charge >= 0.3 is 6.03 Å². The maximum Gasteiger partial charge on any atom is 0.316 e. The lowest BCUT2D eigenvalue weighted by Gasteiger charge is -2.26. The summed E-state index contributed by atoms with van der Waals surface area (Å²) < 4.78 is 0. The van der Waals surface area contributed by atoms with Crippen LogP contribution in [0, 0.1) is 5.41 Å². The van der Waals surface area contributed by atoms with Crippen LogP contribution in [0.3, 0.4) is 0 Å². The van der Waals surface area contributed by atoms with E-state index in [4.69, 9.17) is 0 Å². The van der Waals surface area contributed by atoms with E-state index in [-0.39, 0.29) is 17.4 Å². The number of hydrogen-bond donors (Lipinski definition) is 3. The quantitative estimate of drug-likeness (QED) is 0.602. The molecule has 6 heteroatoms. The molecule has 0 spiro atoms. The molecule has 3 amide bonds. The standard InChI is InChI=1S/C13H26N4O2/c1-4-5-13(6-7-14-10-13)11(18)15-8-9-16-12(19)17(2)3/h14H,4-10H2,1-3H3,(H,15,18)(H,16,19). The third-order valence-corrected chi connectivity index (χ3v) is 3.55. The highest BCUT2D eigenvalue weighted by Gasteiger charge is 2.39. The van der Waals surface area contributed by atoms with Crippen LogP contribution in [0.2, 0.25) is 0 Å². The summed E-state index contributed by atoms with van der Waals surface area (Å²) >= 11 is 0. The molecule has 19 heavy (non-hydrogen) atoms. The smallest absolute Gasteiger partial charge is 0.316 e. The van der Waals surface area contributed by atoms with Gasteiger partial charge in [-0.25, -0.2) is 4.79 Å². The maximum atomic E-state index is 12.3. The van der Waals surface area contributed by atoms with Gasteiger partial charge in [0.05, 0.1) is 5.41 Å². The van der Waals surface area contributed by atoms with Crippen molar-refractivity contribution in [2.24, 2.45) is 5.41 Å². The Labute approximate surface area is 115 Å². The van der Waals surface area contributed by atoms with Gasteiger partial charge in [0, 0.05) is 33.7 Å². The molecule has 0 saturated carbocycles. The molecule has 1 heterocycles. The molecule has 1 aliphatic rings. The van der Waals surface area contributed by atoms with Crippen LogP contribution in [0.25, 0.3) is 0 Å². The third-order valence-electron chi connectivity index (χ3n) is 3.55. The Bertz CT molecular complexity index is 312. The minimum Gasteiger partial charge on any atom is -0.354 e. The van der Waals surface area contributed by atoms with E-state index in [9.17, 15) is 9.59 Å². The van der Waals surface area contributed by atoms with Crippen LogP contribution in [0.15, 0.2) is 0 Å². The van der Waals surface area contributed by atoms with Crippen LogP contribution in [0.4, 0.5) is 4.79 Å². The van der Waals surface area contributed by atoms with Gasteiger partial charge in [0.1, 0.15) is 0 Å². The number of amides is 3. The summed E-state index contributed by atoms with van der Waals surface area (Å²) in [5, 5.41) is 8.93. The fourth-order valence-electron chi connectivity index (χ4n) is 2.43. The Hall–Kier alpha value is -1.30. The highest BCUT2D eigenvalue weighted by atomic mass is 16.2. The molecule has 1 aliphatic heterocycles. The molecule has 0 aromatic rings. The number of hydrogen-bond acceptors (Lipinski definition) is 3. The van der Waals surface area contributed by atoms with E-state index in [0.717, 1.165) is 32.4 Å². The minimum atomic E-state index is -0.250. The van der Waals surface area contributed by atoms with Crippen LogP contribution >= 0.6 is 0 Å². The molecule has 0 bridgehead atoms. The van der Waals surface area contributed by atoms with E-state index in [1.807, 2.05) is 0 Å². The van der Waals surface area contributed by atoms with E-state index < -0.39 is 0 Å². The predicted molar refractivity (Wildman–Crippen MR) is 74.9 cm³/mol. The Morgan fingerprint density at radius 1 is 1.26 bits per heavy atom. The molecule has 0 aromatic carbocycles. The van der Waals surface area contributed by atoms with Crippen LogP contribution in [-0.2, 0) is 4.79 Å². The van der Waals surface area contributed by atoms with Crippen LogP contribution < -0.4 is 16.0 Å². The molecule has 1 saturated heterocycles. The first-order valence-corrected chi connectivity index (χ1v) is 6.96. The Balaban J connectivity index is 2.31. The molecule has 0 radical (unpaired) electrons. The molecule has 1 rings (SSSR count). The second-order valence-electron chi connectivity index (χ2n) is 5.34. The lowest BCUT2D eigenvalue weighted by atomic mass is 9.81. The average Bonchev–Trinajstić information content (AvgIpc) is 2.84. The van der Waals surface area contributed by atoms with E-state index >= 15 is 0 Å². The average molecular weight is 270 g/mol. The second-order valence-corrected chi connectivity index (χ2v) is 5.34. The van der Waals surface area contributed by atoms with Crippen molar-refractivity contribution >= 4 is 11.9 Å². The number of nitrogens with zero attached hydrogens (tertiary/aromatic N) is 1.